The predicted octanol–water partition coefficient (Wildman–Crippen LogP) is 4.93. The molecule has 3 aromatic rings. The van der Waals surface area contributed by atoms with Gasteiger partial charge in [-0.3, -0.25) is 4.79 Å². The first kappa shape index (κ1) is 25.9. The normalized spacial score (nSPS) is 13.4. The van der Waals surface area contributed by atoms with E-state index in [9.17, 15) is 14.7 Å². The van der Waals surface area contributed by atoms with Crippen molar-refractivity contribution < 1.29 is 19.4 Å². The van der Waals surface area contributed by atoms with E-state index in [0.717, 1.165) is 48.4 Å². The van der Waals surface area contributed by atoms with Gasteiger partial charge in [0, 0.05) is 25.1 Å². The lowest BCUT2D eigenvalue weighted by molar-refractivity contribution is -0.139. The van der Waals surface area contributed by atoms with Gasteiger partial charge in [0.05, 0.1) is 28.8 Å². The average Bonchev–Trinajstić information content (AvgIpc) is 2.87. The van der Waals surface area contributed by atoms with Gasteiger partial charge < -0.3 is 20.5 Å². The first-order valence-electron chi connectivity index (χ1n) is 11.8. The number of aromatic nitrogens is 1. The van der Waals surface area contributed by atoms with Crippen molar-refractivity contribution in [3.05, 3.63) is 92.6 Å². The molecule has 3 N–H and O–H groups in total. The Hall–Kier alpha value is -3.13. The van der Waals surface area contributed by atoms with Crippen molar-refractivity contribution >= 4 is 40.9 Å². The molecule has 0 aliphatic carbocycles. The second kappa shape index (κ2) is 12.2. The Kier molecular flexibility index (Phi) is 8.80. The topological polar surface area (TPSA) is 101 Å². The van der Waals surface area contributed by atoms with Crippen LogP contribution < -0.4 is 10.6 Å². The van der Waals surface area contributed by atoms with Crippen LogP contribution in [0.3, 0.4) is 0 Å². The van der Waals surface area contributed by atoms with Crippen LogP contribution in [0, 0.1) is 0 Å². The first-order valence-corrected chi connectivity index (χ1v) is 12.5. The van der Waals surface area contributed by atoms with Crippen LogP contribution in [0.5, 0.6) is 0 Å². The first-order chi connectivity index (χ1) is 17.4. The summed E-state index contributed by atoms with van der Waals surface area (Å²) in [5, 5.41) is 15.8. The molecule has 7 nitrogen and oxygen atoms in total. The van der Waals surface area contributed by atoms with Gasteiger partial charge in [-0.2, -0.15) is 0 Å². The quantitative estimate of drug-likeness (QED) is 0.323. The number of anilines is 1. The third-order valence-corrected chi connectivity index (χ3v) is 6.61. The number of carboxylic acid groups (broad SMARTS) is 1. The van der Waals surface area contributed by atoms with Crippen molar-refractivity contribution in [2.75, 3.05) is 18.5 Å². The largest absolute Gasteiger partial charge is 0.480 e. The van der Waals surface area contributed by atoms with Gasteiger partial charge in [0.25, 0.3) is 5.91 Å². The maximum absolute atomic E-state index is 12.6. The number of carbonyl (C=O) groups excluding carboxylic acids is 1. The number of rotatable bonds is 10. The number of halogens is 2. The van der Waals surface area contributed by atoms with Gasteiger partial charge in [0.15, 0.2) is 0 Å². The number of nitrogens with one attached hydrogen (secondary N) is 2. The van der Waals surface area contributed by atoms with Crippen LogP contribution in [-0.2, 0) is 35.4 Å². The number of hydrogen-bond acceptors (Lipinski definition) is 5. The summed E-state index contributed by atoms with van der Waals surface area (Å²) < 4.78 is 5.81. The minimum Gasteiger partial charge on any atom is -0.480 e. The summed E-state index contributed by atoms with van der Waals surface area (Å²) in [6.07, 6.45) is 3.04. The van der Waals surface area contributed by atoms with Crippen LogP contribution in [0.25, 0.3) is 0 Å². The average molecular weight is 528 g/mol. The third-order valence-electron chi connectivity index (χ3n) is 5.98. The third kappa shape index (κ3) is 6.75. The molecule has 1 amide bonds. The minimum atomic E-state index is -1.15. The molecule has 0 saturated carbocycles. The highest BCUT2D eigenvalue weighted by Crippen LogP contribution is 2.24. The van der Waals surface area contributed by atoms with Crippen LogP contribution in [0.1, 0.15) is 39.2 Å². The number of amides is 1. The van der Waals surface area contributed by atoms with Crippen molar-refractivity contribution in [1.82, 2.24) is 10.3 Å². The number of aliphatic carboxylic acids is 1. The summed E-state index contributed by atoms with van der Waals surface area (Å²) in [7, 11) is 0. The lowest BCUT2D eigenvalue weighted by Crippen LogP contribution is -2.42. The molecule has 1 aromatic heterocycles. The van der Waals surface area contributed by atoms with E-state index >= 15 is 0 Å². The maximum atomic E-state index is 12.6. The van der Waals surface area contributed by atoms with E-state index in [0.29, 0.717) is 13.2 Å². The van der Waals surface area contributed by atoms with E-state index < -0.39 is 17.9 Å². The number of carbonyl (C=O) groups is 2. The van der Waals surface area contributed by atoms with Gasteiger partial charge in [-0.15, -0.1) is 0 Å². The summed E-state index contributed by atoms with van der Waals surface area (Å²) in [6.45, 7) is 1.95. The summed E-state index contributed by atoms with van der Waals surface area (Å²) in [4.78, 5) is 29.0. The van der Waals surface area contributed by atoms with Crippen molar-refractivity contribution in [1.29, 1.82) is 0 Å². The number of hydrogen-bond donors (Lipinski definition) is 3. The van der Waals surface area contributed by atoms with Crippen molar-refractivity contribution in [3.63, 3.8) is 0 Å². The van der Waals surface area contributed by atoms with Gasteiger partial charge in [-0.1, -0.05) is 59.6 Å². The van der Waals surface area contributed by atoms with Crippen LogP contribution in [0.4, 0.5) is 5.82 Å². The number of carboxylic acids is 1. The molecule has 0 bridgehead atoms. The molecule has 0 unspecified atom stereocenters. The Labute approximate surface area is 219 Å². The fourth-order valence-corrected chi connectivity index (χ4v) is 4.60. The monoisotopic (exact) mass is 527 g/mol. The van der Waals surface area contributed by atoms with Gasteiger partial charge in [0.1, 0.15) is 11.9 Å². The van der Waals surface area contributed by atoms with Crippen LogP contribution in [0.15, 0.2) is 54.6 Å². The van der Waals surface area contributed by atoms with E-state index in [-0.39, 0.29) is 22.0 Å². The van der Waals surface area contributed by atoms with E-state index in [1.54, 1.807) is 6.07 Å². The van der Waals surface area contributed by atoms with E-state index in [1.165, 1.54) is 17.7 Å². The zero-order valence-corrected chi connectivity index (χ0v) is 21.1. The molecule has 1 aliphatic heterocycles. The summed E-state index contributed by atoms with van der Waals surface area (Å²) >= 11 is 12.1. The molecule has 4 rings (SSSR count). The summed E-state index contributed by atoms with van der Waals surface area (Å²) in [5.74, 6) is -0.794. The van der Waals surface area contributed by atoms with E-state index in [4.69, 9.17) is 27.9 Å². The van der Waals surface area contributed by atoms with E-state index in [2.05, 4.69) is 27.8 Å². The fourth-order valence-electron chi connectivity index (χ4n) is 4.03. The molecule has 36 heavy (non-hydrogen) atoms. The maximum Gasteiger partial charge on any atom is 0.326 e. The molecule has 1 atom stereocenters. The number of nitrogens with zero attached hydrogens (tertiary/aromatic N) is 1. The zero-order chi connectivity index (χ0) is 25.5. The lowest BCUT2D eigenvalue weighted by atomic mass is 10.0. The Morgan fingerprint density at radius 2 is 1.78 bits per heavy atom. The highest BCUT2D eigenvalue weighted by Gasteiger charge is 2.23. The highest BCUT2D eigenvalue weighted by atomic mass is 35.5. The predicted molar refractivity (Wildman–Crippen MR) is 140 cm³/mol. The molecule has 2 aromatic carbocycles. The number of fused-ring (bicyclic) bond motifs is 1. The Morgan fingerprint density at radius 3 is 2.50 bits per heavy atom. The van der Waals surface area contributed by atoms with Gasteiger partial charge >= 0.3 is 5.97 Å². The molecule has 2 heterocycles. The molecule has 188 valence electrons. The molecular weight excluding hydrogens is 501 g/mol. The fraction of sp³-hybridized carbons (Fsp3) is 0.296. The zero-order valence-electron chi connectivity index (χ0n) is 19.6. The van der Waals surface area contributed by atoms with Gasteiger partial charge in [0.2, 0.25) is 0 Å². The lowest BCUT2D eigenvalue weighted by Gasteiger charge is -2.17. The van der Waals surface area contributed by atoms with E-state index in [1.807, 2.05) is 24.3 Å². The smallest absolute Gasteiger partial charge is 0.326 e. The molecule has 0 fully saturated rings. The van der Waals surface area contributed by atoms with Crippen molar-refractivity contribution in [2.45, 2.75) is 38.3 Å². The van der Waals surface area contributed by atoms with Crippen LogP contribution >= 0.6 is 23.2 Å². The molecular formula is C27H27Cl2N3O4. The number of pyridine rings is 1. The van der Waals surface area contributed by atoms with Crippen molar-refractivity contribution in [3.8, 4) is 0 Å². The van der Waals surface area contributed by atoms with Gasteiger partial charge in [-0.05, 0) is 47.7 Å². The molecule has 0 radical (unpaired) electrons. The molecule has 0 spiro atoms. The summed E-state index contributed by atoms with van der Waals surface area (Å²) in [5.41, 5.74) is 4.06. The highest BCUT2D eigenvalue weighted by molar-refractivity contribution is 6.39. The summed E-state index contributed by atoms with van der Waals surface area (Å²) in [6, 6.07) is 15.2. The number of ether oxygens (including phenoxy) is 1. The number of benzene rings is 2. The second-order valence-corrected chi connectivity index (χ2v) is 9.44. The number of aryl methyl sites for hydroxylation is 1. The Bertz CT molecular complexity index is 1210. The standard InChI is InChI=1S/C27H27Cl2N3O4/c28-21-4-1-5-22(29)24(21)26(33)32-23(27(34)35)15-17-6-8-18(9-7-17)16-36-14-12-20-11-10-19-3-2-13-30-25(19)31-20/h1,4-11,23H,2-3,12-16H2,(H,30,31)(H,32,33)(H,34,35)/t23-/m0/s1. The Morgan fingerprint density at radius 1 is 1.06 bits per heavy atom. The van der Waals surface area contributed by atoms with Crippen LogP contribution in [0.2, 0.25) is 10.0 Å². The Balaban J connectivity index is 1.27. The van der Waals surface area contributed by atoms with Crippen LogP contribution in [-0.4, -0.2) is 41.2 Å². The molecule has 1 aliphatic rings. The molecule has 0 saturated heterocycles. The second-order valence-electron chi connectivity index (χ2n) is 8.62. The van der Waals surface area contributed by atoms with Gasteiger partial charge in [-0.25, -0.2) is 9.78 Å². The SMILES string of the molecule is O=C(N[C@@H](Cc1ccc(COCCc2ccc3c(n2)NCCC3)cc1)C(=O)O)c1c(Cl)cccc1Cl. The molecule has 9 heteroatoms. The minimum absolute atomic E-state index is 0.0569. The van der Waals surface area contributed by atoms with Crippen molar-refractivity contribution in [2.24, 2.45) is 0 Å².